The number of benzene rings is 2. The Balaban J connectivity index is 1.55. The van der Waals surface area contributed by atoms with Crippen molar-refractivity contribution >= 4 is 40.6 Å². The molecule has 3 rings (SSSR count). The molecule has 6 nitrogen and oxygen atoms in total. The minimum absolute atomic E-state index is 0.0612. The maximum atomic E-state index is 12.3. The standard InChI is InChI=1S/C23H26ClN5OS/c1-4-12-29-21(15-25-19-9-5-16(2)6-10-19)27-28-23(29)31-13-11-22(30)26-20-14-18(24)8-7-17(20)3/h4-10,14,25H,1,11-13,15H2,2-3H3,(H,26,30). The summed E-state index contributed by atoms with van der Waals surface area (Å²) in [5.41, 5.74) is 3.96. The van der Waals surface area contributed by atoms with Crippen molar-refractivity contribution in [2.75, 3.05) is 16.4 Å². The van der Waals surface area contributed by atoms with E-state index in [0.717, 1.165) is 27.9 Å². The minimum Gasteiger partial charge on any atom is -0.378 e. The smallest absolute Gasteiger partial charge is 0.225 e. The molecule has 0 aliphatic carbocycles. The van der Waals surface area contributed by atoms with Gasteiger partial charge in [0, 0.05) is 35.1 Å². The molecule has 0 atom stereocenters. The average molecular weight is 456 g/mol. The van der Waals surface area contributed by atoms with Gasteiger partial charge in [-0.1, -0.05) is 53.2 Å². The molecule has 0 fully saturated rings. The molecule has 0 unspecified atom stereocenters. The van der Waals surface area contributed by atoms with Crippen LogP contribution >= 0.6 is 23.4 Å². The maximum absolute atomic E-state index is 12.3. The largest absolute Gasteiger partial charge is 0.378 e. The molecule has 3 aromatic rings. The van der Waals surface area contributed by atoms with Crippen molar-refractivity contribution in [1.82, 2.24) is 14.8 Å². The molecular formula is C23H26ClN5OS. The molecule has 0 bridgehead atoms. The number of hydrogen-bond acceptors (Lipinski definition) is 5. The van der Waals surface area contributed by atoms with Gasteiger partial charge in [0.15, 0.2) is 11.0 Å². The van der Waals surface area contributed by atoms with Gasteiger partial charge in [-0.3, -0.25) is 4.79 Å². The summed E-state index contributed by atoms with van der Waals surface area (Å²) < 4.78 is 2.01. The Morgan fingerprint density at radius 3 is 2.71 bits per heavy atom. The van der Waals surface area contributed by atoms with Gasteiger partial charge in [0.05, 0.1) is 6.54 Å². The number of nitrogens with one attached hydrogen (secondary N) is 2. The molecule has 1 heterocycles. The highest BCUT2D eigenvalue weighted by Gasteiger charge is 2.13. The molecule has 2 aromatic carbocycles. The van der Waals surface area contributed by atoms with Gasteiger partial charge in [-0.25, -0.2) is 0 Å². The van der Waals surface area contributed by atoms with Gasteiger partial charge in [0.1, 0.15) is 0 Å². The Bertz CT molecular complexity index is 1050. The third-order valence-corrected chi connectivity index (χ3v) is 5.84. The van der Waals surface area contributed by atoms with E-state index in [-0.39, 0.29) is 5.91 Å². The molecule has 1 aromatic heterocycles. The third kappa shape index (κ3) is 6.60. The molecule has 0 aliphatic heterocycles. The van der Waals surface area contributed by atoms with Crippen LogP contribution in [0.2, 0.25) is 5.02 Å². The Morgan fingerprint density at radius 1 is 1.19 bits per heavy atom. The van der Waals surface area contributed by atoms with Gasteiger partial charge in [0.25, 0.3) is 0 Å². The number of thioether (sulfide) groups is 1. The predicted octanol–water partition coefficient (Wildman–Crippen LogP) is 5.47. The van der Waals surface area contributed by atoms with E-state index in [9.17, 15) is 4.79 Å². The number of carbonyl (C=O) groups is 1. The van der Waals surface area contributed by atoms with E-state index in [4.69, 9.17) is 11.6 Å². The Kier molecular flexibility index (Phi) is 8.14. The van der Waals surface area contributed by atoms with E-state index in [2.05, 4.69) is 46.5 Å². The zero-order chi connectivity index (χ0) is 22.2. The van der Waals surface area contributed by atoms with Crippen molar-refractivity contribution in [1.29, 1.82) is 0 Å². The summed E-state index contributed by atoms with van der Waals surface area (Å²) in [5.74, 6) is 1.35. The zero-order valence-corrected chi connectivity index (χ0v) is 19.3. The highest BCUT2D eigenvalue weighted by atomic mass is 35.5. The fourth-order valence-corrected chi connectivity index (χ4v) is 3.97. The van der Waals surface area contributed by atoms with E-state index in [1.165, 1.54) is 17.3 Å². The lowest BCUT2D eigenvalue weighted by Crippen LogP contribution is -2.13. The van der Waals surface area contributed by atoms with Gasteiger partial charge < -0.3 is 15.2 Å². The number of hydrogen-bond donors (Lipinski definition) is 2. The van der Waals surface area contributed by atoms with E-state index in [0.29, 0.717) is 30.3 Å². The summed E-state index contributed by atoms with van der Waals surface area (Å²) >= 11 is 7.52. The summed E-state index contributed by atoms with van der Waals surface area (Å²) in [6.45, 7) is 8.99. The topological polar surface area (TPSA) is 71.8 Å². The van der Waals surface area contributed by atoms with E-state index in [1.807, 2.05) is 35.8 Å². The first-order valence-electron chi connectivity index (χ1n) is 9.98. The number of nitrogens with zero attached hydrogens (tertiary/aromatic N) is 3. The van der Waals surface area contributed by atoms with Crippen LogP contribution in [0.4, 0.5) is 11.4 Å². The number of carbonyl (C=O) groups excluding carboxylic acids is 1. The first-order valence-corrected chi connectivity index (χ1v) is 11.3. The molecule has 2 N–H and O–H groups in total. The maximum Gasteiger partial charge on any atom is 0.225 e. The lowest BCUT2D eigenvalue weighted by atomic mass is 10.2. The number of rotatable bonds is 10. The first kappa shape index (κ1) is 22.9. The van der Waals surface area contributed by atoms with Crippen LogP contribution in [0.3, 0.4) is 0 Å². The first-order chi connectivity index (χ1) is 15.0. The van der Waals surface area contributed by atoms with Crippen LogP contribution in [0.1, 0.15) is 23.4 Å². The lowest BCUT2D eigenvalue weighted by Gasteiger charge is -2.10. The SMILES string of the molecule is C=CCn1c(CNc2ccc(C)cc2)nnc1SCCC(=O)Nc1cc(Cl)ccc1C. The van der Waals surface area contributed by atoms with Crippen LogP contribution in [0, 0.1) is 13.8 Å². The number of halogens is 1. The second-order valence-electron chi connectivity index (χ2n) is 7.12. The molecule has 0 spiro atoms. The number of anilines is 2. The van der Waals surface area contributed by atoms with E-state index >= 15 is 0 Å². The second-order valence-corrected chi connectivity index (χ2v) is 8.62. The van der Waals surface area contributed by atoms with Crippen molar-refractivity contribution in [3.05, 3.63) is 77.1 Å². The van der Waals surface area contributed by atoms with Gasteiger partial charge in [-0.05, 0) is 43.7 Å². The monoisotopic (exact) mass is 455 g/mol. The van der Waals surface area contributed by atoms with Crippen LogP contribution in [0.15, 0.2) is 60.3 Å². The molecule has 8 heteroatoms. The van der Waals surface area contributed by atoms with E-state index in [1.54, 1.807) is 12.1 Å². The number of amides is 1. The Morgan fingerprint density at radius 2 is 1.97 bits per heavy atom. The molecule has 0 saturated carbocycles. The fraction of sp³-hybridized carbons (Fsp3) is 0.261. The fourth-order valence-electron chi connectivity index (χ4n) is 2.90. The van der Waals surface area contributed by atoms with Crippen LogP contribution in [-0.2, 0) is 17.9 Å². The van der Waals surface area contributed by atoms with Gasteiger partial charge in [0.2, 0.25) is 5.91 Å². The van der Waals surface area contributed by atoms with Crippen LogP contribution in [0.5, 0.6) is 0 Å². The zero-order valence-electron chi connectivity index (χ0n) is 17.7. The lowest BCUT2D eigenvalue weighted by molar-refractivity contribution is -0.115. The summed E-state index contributed by atoms with van der Waals surface area (Å²) in [6, 6.07) is 13.7. The third-order valence-electron chi connectivity index (χ3n) is 4.64. The predicted molar refractivity (Wildman–Crippen MR) is 129 cm³/mol. The quantitative estimate of drug-likeness (QED) is 0.313. The van der Waals surface area contributed by atoms with Crippen molar-refractivity contribution in [2.24, 2.45) is 0 Å². The molecule has 1 amide bonds. The van der Waals surface area contributed by atoms with Crippen LogP contribution in [-0.4, -0.2) is 26.4 Å². The highest BCUT2D eigenvalue weighted by molar-refractivity contribution is 7.99. The minimum atomic E-state index is -0.0612. The summed E-state index contributed by atoms with van der Waals surface area (Å²) in [6.07, 6.45) is 2.17. The Hall–Kier alpha value is -2.77. The summed E-state index contributed by atoms with van der Waals surface area (Å²) in [5, 5.41) is 16.3. The molecular weight excluding hydrogens is 430 g/mol. The van der Waals surface area contributed by atoms with Crippen molar-refractivity contribution < 1.29 is 4.79 Å². The number of aromatic nitrogens is 3. The molecule has 0 saturated heterocycles. The van der Waals surface area contributed by atoms with Gasteiger partial charge >= 0.3 is 0 Å². The van der Waals surface area contributed by atoms with Crippen molar-refractivity contribution in [2.45, 2.75) is 38.5 Å². The van der Waals surface area contributed by atoms with Crippen molar-refractivity contribution in [3.8, 4) is 0 Å². The van der Waals surface area contributed by atoms with Gasteiger partial charge in [-0.15, -0.1) is 16.8 Å². The normalized spacial score (nSPS) is 10.7. The van der Waals surface area contributed by atoms with Crippen molar-refractivity contribution in [3.63, 3.8) is 0 Å². The summed E-state index contributed by atoms with van der Waals surface area (Å²) in [7, 11) is 0. The second kappa shape index (κ2) is 11.0. The van der Waals surface area contributed by atoms with E-state index < -0.39 is 0 Å². The molecule has 0 radical (unpaired) electrons. The Labute approximate surface area is 192 Å². The van der Waals surface area contributed by atoms with Gasteiger partial charge in [-0.2, -0.15) is 0 Å². The number of allylic oxidation sites excluding steroid dienone is 1. The summed E-state index contributed by atoms with van der Waals surface area (Å²) in [4.78, 5) is 12.3. The highest BCUT2D eigenvalue weighted by Crippen LogP contribution is 2.22. The van der Waals surface area contributed by atoms with Crippen LogP contribution < -0.4 is 10.6 Å². The average Bonchev–Trinajstić information content (AvgIpc) is 3.12. The molecule has 162 valence electrons. The molecule has 0 aliphatic rings. The van der Waals surface area contributed by atoms with Crippen LogP contribution in [0.25, 0.3) is 0 Å². The molecule has 31 heavy (non-hydrogen) atoms. The number of aryl methyl sites for hydroxylation is 2.